The predicted octanol–water partition coefficient (Wildman–Crippen LogP) is -1.29. The first-order valence-corrected chi connectivity index (χ1v) is 2.03. The zero-order valence-corrected chi connectivity index (χ0v) is 6.40. The topological polar surface area (TPSA) is 86.7 Å². The molecule has 1 unspecified atom stereocenters. The van der Waals surface area contributed by atoms with Gasteiger partial charge in [0.15, 0.2) is 0 Å². The van der Waals surface area contributed by atoms with Crippen LogP contribution in [0.5, 0.6) is 0 Å². The smallest absolute Gasteiger partial charge is 0.295 e. The third kappa shape index (κ3) is 4.56. The van der Waals surface area contributed by atoms with Crippen LogP contribution in [0.3, 0.4) is 0 Å². The van der Waals surface area contributed by atoms with Crippen molar-refractivity contribution in [3.05, 3.63) is 12.7 Å². The Kier molecular flexibility index (Phi) is 5.21. The van der Waals surface area contributed by atoms with E-state index in [1.54, 1.807) is 0 Å². The van der Waals surface area contributed by atoms with Crippen LogP contribution >= 0.6 is 17.0 Å². The van der Waals surface area contributed by atoms with Crippen molar-refractivity contribution >= 4 is 17.0 Å². The van der Waals surface area contributed by atoms with Crippen molar-refractivity contribution in [2.24, 2.45) is 5.73 Å². The molecule has 0 rings (SSSR count). The van der Waals surface area contributed by atoms with Gasteiger partial charge in [-0.05, 0) is 0 Å². The summed E-state index contributed by atoms with van der Waals surface area (Å²) in [6, 6.07) is -1.22. The van der Waals surface area contributed by atoms with Gasteiger partial charge in [-0.2, -0.15) is 0 Å². The highest BCUT2D eigenvalue weighted by Gasteiger charge is 2.25. The number of halogens is 1. The molecule has 0 aliphatic heterocycles. The summed E-state index contributed by atoms with van der Waals surface area (Å²) in [5.74, 6) is -2.83. The Morgan fingerprint density at radius 2 is 1.78 bits per heavy atom. The molecular weight excluding hydrogens is 190 g/mol. The molecule has 0 aromatic heterocycles. The fourth-order valence-electron chi connectivity index (χ4n) is 0.158. The van der Waals surface area contributed by atoms with Gasteiger partial charge in [0.1, 0.15) is 6.04 Å². The Balaban J connectivity index is 0. The average molecular weight is 200 g/mol. The van der Waals surface area contributed by atoms with E-state index in [0.29, 0.717) is 0 Å². The van der Waals surface area contributed by atoms with Crippen LogP contribution in [0.4, 0.5) is 0 Å². The van der Waals surface area contributed by atoms with E-state index in [0.717, 1.165) is 6.08 Å². The molecule has 0 saturated carbocycles. The molecule has 0 aromatic carbocycles. The summed E-state index contributed by atoms with van der Waals surface area (Å²) in [4.78, 5) is 0. The average Bonchev–Trinajstić information content (AvgIpc) is 1.62. The van der Waals surface area contributed by atoms with Gasteiger partial charge in [-0.3, -0.25) is 0 Å². The van der Waals surface area contributed by atoms with E-state index in [4.69, 9.17) is 21.1 Å². The largest absolute Gasteiger partial charge is 0.342 e. The minimum absolute atomic E-state index is 0. The summed E-state index contributed by atoms with van der Waals surface area (Å²) in [6.07, 6.45) is 1.03. The summed E-state index contributed by atoms with van der Waals surface area (Å²) < 4.78 is 0. The van der Waals surface area contributed by atoms with Crippen LogP contribution in [0.1, 0.15) is 0 Å². The number of nitrogens with two attached hydrogens (primary N) is 1. The minimum Gasteiger partial charge on any atom is -0.342 e. The molecule has 0 aromatic rings. The first-order valence-electron chi connectivity index (χ1n) is 2.03. The van der Waals surface area contributed by atoms with Crippen LogP contribution in [0.2, 0.25) is 0 Å². The van der Waals surface area contributed by atoms with Crippen molar-refractivity contribution in [1.29, 1.82) is 0 Å². The van der Waals surface area contributed by atoms with Crippen molar-refractivity contribution in [2.45, 2.75) is 12.0 Å². The highest BCUT2D eigenvalue weighted by molar-refractivity contribution is 8.93. The Hall–Kier alpha value is 0.0600. The standard InChI is InChI=1S/C4H9NO3.BrH/c1-2-3(5)4(6,7)8;/h2-3,6-8H,1,5H2;1H. The van der Waals surface area contributed by atoms with Gasteiger partial charge in [0.2, 0.25) is 0 Å². The number of aliphatic hydroxyl groups is 3. The van der Waals surface area contributed by atoms with E-state index in [1.165, 1.54) is 0 Å². The second kappa shape index (κ2) is 3.97. The van der Waals surface area contributed by atoms with E-state index in [-0.39, 0.29) is 17.0 Å². The molecule has 0 fully saturated rings. The molecular formula is C4H10BrNO3. The monoisotopic (exact) mass is 199 g/mol. The molecule has 0 amide bonds. The maximum atomic E-state index is 8.20. The lowest BCUT2D eigenvalue weighted by Gasteiger charge is -2.17. The quantitative estimate of drug-likeness (QED) is 0.330. The Bertz CT molecular complexity index is 90.3. The minimum atomic E-state index is -2.83. The molecule has 0 spiro atoms. The Labute approximate surface area is 63.4 Å². The molecule has 9 heavy (non-hydrogen) atoms. The van der Waals surface area contributed by atoms with Crippen LogP contribution in [-0.2, 0) is 0 Å². The lowest BCUT2D eigenvalue weighted by atomic mass is 10.3. The summed E-state index contributed by atoms with van der Waals surface area (Å²) in [7, 11) is 0. The van der Waals surface area contributed by atoms with Gasteiger partial charge in [0.25, 0.3) is 5.97 Å². The molecule has 5 N–H and O–H groups in total. The molecule has 0 aliphatic carbocycles. The molecule has 5 heteroatoms. The highest BCUT2D eigenvalue weighted by atomic mass is 79.9. The van der Waals surface area contributed by atoms with Gasteiger partial charge in [0, 0.05) is 0 Å². The van der Waals surface area contributed by atoms with Crippen LogP contribution in [0.25, 0.3) is 0 Å². The maximum Gasteiger partial charge on any atom is 0.295 e. The first-order chi connectivity index (χ1) is 3.48. The third-order valence-electron chi connectivity index (χ3n) is 0.701. The molecule has 4 nitrogen and oxygen atoms in total. The third-order valence-corrected chi connectivity index (χ3v) is 0.701. The summed E-state index contributed by atoms with van der Waals surface area (Å²) in [5, 5.41) is 24.6. The Morgan fingerprint density at radius 1 is 1.44 bits per heavy atom. The Morgan fingerprint density at radius 3 is 1.78 bits per heavy atom. The normalized spacial score (nSPS) is 13.8. The predicted molar refractivity (Wildman–Crippen MR) is 37.9 cm³/mol. The van der Waals surface area contributed by atoms with Gasteiger partial charge < -0.3 is 21.1 Å². The van der Waals surface area contributed by atoms with Crippen LogP contribution in [-0.4, -0.2) is 27.3 Å². The van der Waals surface area contributed by atoms with Crippen LogP contribution in [0, 0.1) is 0 Å². The lowest BCUT2D eigenvalue weighted by molar-refractivity contribution is -0.315. The fraction of sp³-hybridized carbons (Fsp3) is 0.500. The van der Waals surface area contributed by atoms with Gasteiger partial charge >= 0.3 is 0 Å². The van der Waals surface area contributed by atoms with Crippen molar-refractivity contribution in [1.82, 2.24) is 0 Å². The van der Waals surface area contributed by atoms with Gasteiger partial charge in [-0.25, -0.2) is 0 Å². The van der Waals surface area contributed by atoms with Crippen molar-refractivity contribution in [3.8, 4) is 0 Å². The number of hydrogen-bond donors (Lipinski definition) is 4. The lowest BCUT2D eigenvalue weighted by Crippen LogP contribution is -2.46. The van der Waals surface area contributed by atoms with Crippen LogP contribution in [0.15, 0.2) is 12.7 Å². The van der Waals surface area contributed by atoms with E-state index >= 15 is 0 Å². The molecule has 1 atom stereocenters. The van der Waals surface area contributed by atoms with E-state index in [2.05, 4.69) is 6.58 Å². The van der Waals surface area contributed by atoms with E-state index in [9.17, 15) is 0 Å². The zero-order chi connectivity index (χ0) is 6.78. The SMILES string of the molecule is Br.C=CC(N)C(O)(O)O. The summed E-state index contributed by atoms with van der Waals surface area (Å²) in [6.45, 7) is 3.12. The second-order valence-electron chi connectivity index (χ2n) is 1.45. The molecule has 0 heterocycles. The van der Waals surface area contributed by atoms with Gasteiger partial charge in [-0.1, -0.05) is 6.08 Å². The fourth-order valence-corrected chi connectivity index (χ4v) is 0.158. The van der Waals surface area contributed by atoms with E-state index in [1.807, 2.05) is 0 Å². The second-order valence-corrected chi connectivity index (χ2v) is 1.45. The van der Waals surface area contributed by atoms with Crippen molar-refractivity contribution < 1.29 is 15.3 Å². The summed E-state index contributed by atoms with van der Waals surface area (Å²) >= 11 is 0. The highest BCUT2D eigenvalue weighted by Crippen LogP contribution is 1.97. The first kappa shape index (κ1) is 11.8. The summed E-state index contributed by atoms with van der Waals surface area (Å²) in [5.41, 5.74) is 4.88. The van der Waals surface area contributed by atoms with Crippen molar-refractivity contribution in [2.75, 3.05) is 0 Å². The molecule has 0 saturated heterocycles. The molecule has 0 radical (unpaired) electrons. The van der Waals surface area contributed by atoms with Gasteiger partial charge in [0.05, 0.1) is 0 Å². The number of hydrogen-bond acceptors (Lipinski definition) is 4. The zero-order valence-electron chi connectivity index (χ0n) is 4.69. The molecule has 0 bridgehead atoms. The van der Waals surface area contributed by atoms with Crippen LogP contribution < -0.4 is 5.73 Å². The van der Waals surface area contributed by atoms with Gasteiger partial charge in [-0.15, -0.1) is 23.6 Å². The van der Waals surface area contributed by atoms with E-state index < -0.39 is 12.0 Å². The molecule has 0 aliphatic rings. The number of rotatable bonds is 2. The van der Waals surface area contributed by atoms with Crippen molar-refractivity contribution in [3.63, 3.8) is 0 Å². The maximum absolute atomic E-state index is 8.20. The molecule has 56 valence electrons.